The van der Waals surface area contributed by atoms with Crippen LogP contribution in [0.3, 0.4) is 0 Å². The highest BCUT2D eigenvalue weighted by Crippen LogP contribution is 2.33. The van der Waals surface area contributed by atoms with E-state index in [4.69, 9.17) is 17.3 Å². The molecule has 0 saturated carbocycles. The van der Waals surface area contributed by atoms with Gasteiger partial charge < -0.3 is 10.6 Å². The minimum Gasteiger partial charge on any atom is -0.371 e. The van der Waals surface area contributed by atoms with E-state index in [1.807, 2.05) is 12.1 Å². The molecule has 100 valence electrons. The predicted octanol–water partition coefficient (Wildman–Crippen LogP) is 3.99. The third kappa shape index (κ3) is 2.99. The number of hydrogen-bond acceptors (Lipinski definition) is 2. The van der Waals surface area contributed by atoms with Crippen molar-refractivity contribution in [3.05, 3.63) is 28.8 Å². The first-order valence-corrected chi connectivity index (χ1v) is 7.27. The molecule has 1 aromatic rings. The van der Waals surface area contributed by atoms with Crippen LogP contribution in [0.1, 0.15) is 44.7 Å². The van der Waals surface area contributed by atoms with Gasteiger partial charge in [0.15, 0.2) is 0 Å². The van der Waals surface area contributed by atoms with Gasteiger partial charge in [0, 0.05) is 29.8 Å². The Morgan fingerprint density at radius 2 is 1.83 bits per heavy atom. The van der Waals surface area contributed by atoms with Crippen LogP contribution in [0.5, 0.6) is 0 Å². The second-order valence-corrected chi connectivity index (χ2v) is 5.96. The Balaban J connectivity index is 2.33. The topological polar surface area (TPSA) is 29.3 Å². The molecule has 1 heterocycles. The van der Waals surface area contributed by atoms with E-state index in [2.05, 4.69) is 24.8 Å². The Hall–Kier alpha value is -0.730. The van der Waals surface area contributed by atoms with Gasteiger partial charge in [0.1, 0.15) is 0 Å². The number of benzene rings is 1. The zero-order chi connectivity index (χ0) is 13.1. The molecule has 1 fully saturated rings. The van der Waals surface area contributed by atoms with Crippen molar-refractivity contribution < 1.29 is 0 Å². The fourth-order valence-corrected chi connectivity index (χ4v) is 2.75. The van der Waals surface area contributed by atoms with Gasteiger partial charge in [-0.05, 0) is 48.9 Å². The monoisotopic (exact) mass is 266 g/mol. The van der Waals surface area contributed by atoms with Gasteiger partial charge >= 0.3 is 0 Å². The number of rotatable bonds is 3. The molecular weight excluding hydrogens is 244 g/mol. The Morgan fingerprint density at radius 3 is 2.44 bits per heavy atom. The third-order valence-electron chi connectivity index (χ3n) is 3.76. The summed E-state index contributed by atoms with van der Waals surface area (Å²) in [6.45, 7) is 6.59. The molecule has 18 heavy (non-hydrogen) atoms. The summed E-state index contributed by atoms with van der Waals surface area (Å²) in [4.78, 5) is 2.46. The highest BCUT2D eigenvalue weighted by molar-refractivity contribution is 6.30. The van der Waals surface area contributed by atoms with Gasteiger partial charge in [0.05, 0.1) is 0 Å². The second-order valence-electron chi connectivity index (χ2n) is 5.52. The first kappa shape index (κ1) is 13.7. The van der Waals surface area contributed by atoms with Gasteiger partial charge in [-0.3, -0.25) is 0 Å². The van der Waals surface area contributed by atoms with E-state index >= 15 is 0 Å². The standard InChI is InChI=1S/C15H23ClN2/c1-11(2)15(17)13-10-12(16)6-7-14(13)18-8-4-3-5-9-18/h6-7,10-11,15H,3-5,8-9,17H2,1-2H3/t15-/m1/s1. The molecule has 2 rings (SSSR count). The van der Waals surface area contributed by atoms with Crippen molar-refractivity contribution in [2.45, 2.75) is 39.2 Å². The Bertz CT molecular complexity index is 397. The van der Waals surface area contributed by atoms with E-state index in [9.17, 15) is 0 Å². The smallest absolute Gasteiger partial charge is 0.0415 e. The highest BCUT2D eigenvalue weighted by Gasteiger charge is 2.20. The molecule has 0 unspecified atom stereocenters. The molecular formula is C15H23ClN2. The van der Waals surface area contributed by atoms with Crippen LogP contribution >= 0.6 is 11.6 Å². The Kier molecular flexibility index (Phi) is 4.52. The van der Waals surface area contributed by atoms with Gasteiger partial charge in [-0.1, -0.05) is 25.4 Å². The van der Waals surface area contributed by atoms with Gasteiger partial charge in [-0.25, -0.2) is 0 Å². The summed E-state index contributed by atoms with van der Waals surface area (Å²) in [7, 11) is 0. The lowest BCUT2D eigenvalue weighted by molar-refractivity contribution is 0.509. The number of halogens is 1. The van der Waals surface area contributed by atoms with Crippen molar-refractivity contribution >= 4 is 17.3 Å². The van der Waals surface area contributed by atoms with Crippen LogP contribution in [0.4, 0.5) is 5.69 Å². The van der Waals surface area contributed by atoms with Crippen LogP contribution in [0.25, 0.3) is 0 Å². The molecule has 1 atom stereocenters. The molecule has 1 aliphatic rings. The molecule has 0 aliphatic carbocycles. The quantitative estimate of drug-likeness (QED) is 0.896. The third-order valence-corrected chi connectivity index (χ3v) is 4.00. The number of nitrogens with zero attached hydrogens (tertiary/aromatic N) is 1. The van der Waals surface area contributed by atoms with Gasteiger partial charge in [-0.2, -0.15) is 0 Å². The molecule has 3 heteroatoms. The van der Waals surface area contributed by atoms with Crippen molar-refractivity contribution in [1.82, 2.24) is 0 Å². The summed E-state index contributed by atoms with van der Waals surface area (Å²) in [6.07, 6.45) is 3.90. The lowest BCUT2D eigenvalue weighted by Gasteiger charge is -2.32. The molecule has 0 aromatic heterocycles. The van der Waals surface area contributed by atoms with E-state index in [0.29, 0.717) is 5.92 Å². The van der Waals surface area contributed by atoms with Crippen molar-refractivity contribution in [3.8, 4) is 0 Å². The maximum atomic E-state index is 6.33. The highest BCUT2D eigenvalue weighted by atomic mass is 35.5. The average molecular weight is 267 g/mol. The van der Waals surface area contributed by atoms with Gasteiger partial charge in [-0.15, -0.1) is 0 Å². The molecule has 1 aliphatic heterocycles. The first-order chi connectivity index (χ1) is 8.59. The number of anilines is 1. The Morgan fingerprint density at radius 1 is 1.17 bits per heavy atom. The van der Waals surface area contributed by atoms with Crippen LogP contribution in [0.2, 0.25) is 5.02 Å². The van der Waals surface area contributed by atoms with Crippen molar-refractivity contribution in [3.63, 3.8) is 0 Å². The summed E-state index contributed by atoms with van der Waals surface area (Å²) in [5.74, 6) is 0.423. The summed E-state index contributed by atoms with van der Waals surface area (Å²) in [5.41, 5.74) is 8.80. The van der Waals surface area contributed by atoms with Crippen LogP contribution in [-0.2, 0) is 0 Å². The van der Waals surface area contributed by atoms with Crippen LogP contribution in [0.15, 0.2) is 18.2 Å². The zero-order valence-electron chi connectivity index (χ0n) is 11.3. The van der Waals surface area contributed by atoms with E-state index in [1.54, 1.807) is 0 Å². The lowest BCUT2D eigenvalue weighted by atomic mass is 9.94. The van der Waals surface area contributed by atoms with Gasteiger partial charge in [0.2, 0.25) is 0 Å². The minimum absolute atomic E-state index is 0.0561. The van der Waals surface area contributed by atoms with Crippen LogP contribution in [-0.4, -0.2) is 13.1 Å². The Labute approximate surface area is 115 Å². The normalized spacial score (nSPS) is 18.2. The molecule has 2 N–H and O–H groups in total. The number of hydrogen-bond donors (Lipinski definition) is 1. The fourth-order valence-electron chi connectivity index (χ4n) is 2.57. The van der Waals surface area contributed by atoms with Gasteiger partial charge in [0.25, 0.3) is 0 Å². The maximum absolute atomic E-state index is 6.33. The second kappa shape index (κ2) is 5.94. The molecule has 0 bridgehead atoms. The number of piperidine rings is 1. The largest absolute Gasteiger partial charge is 0.371 e. The summed E-state index contributed by atoms with van der Waals surface area (Å²) in [5, 5.41) is 0.779. The van der Waals surface area contributed by atoms with Crippen LogP contribution in [0, 0.1) is 5.92 Å². The van der Waals surface area contributed by atoms with Crippen molar-refractivity contribution in [2.24, 2.45) is 11.7 Å². The summed E-state index contributed by atoms with van der Waals surface area (Å²) >= 11 is 6.13. The first-order valence-electron chi connectivity index (χ1n) is 6.89. The minimum atomic E-state index is 0.0561. The molecule has 0 radical (unpaired) electrons. The summed E-state index contributed by atoms with van der Waals surface area (Å²) < 4.78 is 0. The molecule has 0 spiro atoms. The maximum Gasteiger partial charge on any atom is 0.0415 e. The lowest BCUT2D eigenvalue weighted by Crippen LogP contribution is -2.31. The fraction of sp³-hybridized carbons (Fsp3) is 0.600. The number of nitrogens with two attached hydrogens (primary N) is 1. The average Bonchev–Trinajstić information content (AvgIpc) is 2.38. The van der Waals surface area contributed by atoms with E-state index in [0.717, 1.165) is 18.1 Å². The van der Waals surface area contributed by atoms with Crippen molar-refractivity contribution in [2.75, 3.05) is 18.0 Å². The van der Waals surface area contributed by atoms with E-state index in [1.165, 1.54) is 30.5 Å². The van der Waals surface area contributed by atoms with E-state index in [-0.39, 0.29) is 6.04 Å². The van der Waals surface area contributed by atoms with Crippen LogP contribution < -0.4 is 10.6 Å². The molecule has 1 saturated heterocycles. The summed E-state index contributed by atoms with van der Waals surface area (Å²) in [6, 6.07) is 6.20. The van der Waals surface area contributed by atoms with E-state index < -0.39 is 0 Å². The zero-order valence-corrected chi connectivity index (χ0v) is 12.1. The molecule has 2 nitrogen and oxygen atoms in total. The molecule has 1 aromatic carbocycles. The van der Waals surface area contributed by atoms with Crippen molar-refractivity contribution in [1.29, 1.82) is 0 Å². The molecule has 0 amide bonds. The predicted molar refractivity (Wildman–Crippen MR) is 79.3 cm³/mol. The SMILES string of the molecule is CC(C)[C@@H](N)c1cc(Cl)ccc1N1CCCCC1.